The summed E-state index contributed by atoms with van der Waals surface area (Å²) >= 11 is 0. The van der Waals surface area contributed by atoms with Gasteiger partial charge < -0.3 is 5.73 Å². The average Bonchev–Trinajstić information content (AvgIpc) is 3.07. The second kappa shape index (κ2) is 4.34. The van der Waals surface area contributed by atoms with Crippen molar-refractivity contribution < 1.29 is 9.59 Å². The highest BCUT2D eigenvalue weighted by Crippen LogP contribution is 2.48. The van der Waals surface area contributed by atoms with Gasteiger partial charge in [0.15, 0.2) is 0 Å². The number of imide groups is 1. The van der Waals surface area contributed by atoms with Crippen LogP contribution >= 0.6 is 0 Å². The lowest BCUT2D eigenvalue weighted by Crippen LogP contribution is -2.54. The summed E-state index contributed by atoms with van der Waals surface area (Å²) in [5.74, 6) is 0.548. The molecule has 1 heterocycles. The summed E-state index contributed by atoms with van der Waals surface area (Å²) < 4.78 is 0. The molecular formula is C14H22N2O2. The minimum Gasteiger partial charge on any atom is -0.328 e. The van der Waals surface area contributed by atoms with Crippen LogP contribution in [0.25, 0.3) is 0 Å². The highest BCUT2D eigenvalue weighted by molar-refractivity contribution is 5.99. The molecule has 100 valence electrons. The SMILES string of the molecule is NCC(C1CC1)N1C(=O)CC2(CCCC2)CC1=O. The van der Waals surface area contributed by atoms with Crippen molar-refractivity contribution in [3.63, 3.8) is 0 Å². The molecule has 3 aliphatic rings. The van der Waals surface area contributed by atoms with Crippen LogP contribution in [0, 0.1) is 11.3 Å². The number of piperidine rings is 1. The summed E-state index contributed by atoms with van der Waals surface area (Å²) in [6.45, 7) is 0.426. The van der Waals surface area contributed by atoms with Gasteiger partial charge in [0.05, 0.1) is 6.04 Å². The van der Waals surface area contributed by atoms with Gasteiger partial charge in [-0.3, -0.25) is 14.5 Å². The molecule has 0 radical (unpaired) electrons. The number of likely N-dealkylation sites (tertiary alicyclic amines) is 1. The maximum atomic E-state index is 12.3. The Hall–Kier alpha value is -0.900. The van der Waals surface area contributed by atoms with Crippen molar-refractivity contribution in [3.8, 4) is 0 Å². The zero-order valence-electron chi connectivity index (χ0n) is 10.9. The van der Waals surface area contributed by atoms with Crippen LogP contribution in [0.4, 0.5) is 0 Å². The third-order valence-corrected chi connectivity index (χ3v) is 4.99. The Morgan fingerprint density at radius 3 is 2.17 bits per heavy atom. The van der Waals surface area contributed by atoms with Crippen molar-refractivity contribution in [3.05, 3.63) is 0 Å². The normalized spacial score (nSPS) is 29.1. The van der Waals surface area contributed by atoms with Crippen LogP contribution in [0.1, 0.15) is 51.4 Å². The van der Waals surface area contributed by atoms with E-state index in [9.17, 15) is 9.59 Å². The molecule has 0 aromatic heterocycles. The van der Waals surface area contributed by atoms with Crippen LogP contribution in [0.3, 0.4) is 0 Å². The monoisotopic (exact) mass is 250 g/mol. The molecule has 1 atom stereocenters. The molecule has 1 saturated heterocycles. The van der Waals surface area contributed by atoms with Gasteiger partial charge in [0.1, 0.15) is 0 Å². The van der Waals surface area contributed by atoms with E-state index in [1.54, 1.807) is 0 Å². The zero-order chi connectivity index (χ0) is 12.8. The molecular weight excluding hydrogens is 228 g/mol. The van der Waals surface area contributed by atoms with E-state index >= 15 is 0 Å². The molecule has 1 aliphatic heterocycles. The Morgan fingerprint density at radius 1 is 1.17 bits per heavy atom. The Kier molecular flexibility index (Phi) is 2.93. The van der Waals surface area contributed by atoms with Crippen LogP contribution in [0.2, 0.25) is 0 Å². The predicted molar refractivity (Wildman–Crippen MR) is 67.6 cm³/mol. The molecule has 2 saturated carbocycles. The van der Waals surface area contributed by atoms with Gasteiger partial charge in [0, 0.05) is 19.4 Å². The molecule has 0 bridgehead atoms. The molecule has 4 heteroatoms. The average molecular weight is 250 g/mol. The Balaban J connectivity index is 1.77. The van der Waals surface area contributed by atoms with E-state index in [1.807, 2.05) is 0 Å². The van der Waals surface area contributed by atoms with E-state index < -0.39 is 0 Å². The van der Waals surface area contributed by atoms with Crippen molar-refractivity contribution in [1.82, 2.24) is 4.90 Å². The molecule has 2 aliphatic carbocycles. The molecule has 1 spiro atoms. The van der Waals surface area contributed by atoms with Gasteiger partial charge in [-0.15, -0.1) is 0 Å². The minimum absolute atomic E-state index is 0.00731. The van der Waals surface area contributed by atoms with E-state index in [1.165, 1.54) is 17.7 Å². The highest BCUT2D eigenvalue weighted by Gasteiger charge is 2.49. The summed E-state index contributed by atoms with van der Waals surface area (Å²) in [5.41, 5.74) is 5.78. The summed E-state index contributed by atoms with van der Waals surface area (Å²) in [7, 11) is 0. The van der Waals surface area contributed by atoms with E-state index in [0.29, 0.717) is 25.3 Å². The fourth-order valence-electron chi connectivity index (χ4n) is 3.85. The lowest BCUT2D eigenvalue weighted by molar-refractivity contribution is -0.156. The van der Waals surface area contributed by atoms with Gasteiger partial charge in [-0.1, -0.05) is 12.8 Å². The third kappa shape index (κ3) is 1.96. The molecule has 4 nitrogen and oxygen atoms in total. The summed E-state index contributed by atoms with van der Waals surface area (Å²) in [5, 5.41) is 0. The second-order valence-electron chi connectivity index (χ2n) is 6.36. The van der Waals surface area contributed by atoms with Gasteiger partial charge in [-0.2, -0.15) is 0 Å². The molecule has 1 unspecified atom stereocenters. The number of hydrogen-bond acceptors (Lipinski definition) is 3. The van der Waals surface area contributed by atoms with Crippen molar-refractivity contribution in [2.24, 2.45) is 17.1 Å². The predicted octanol–water partition coefficient (Wildman–Crippen LogP) is 1.43. The molecule has 3 rings (SSSR count). The largest absolute Gasteiger partial charge is 0.328 e. The standard InChI is InChI=1S/C14H22N2O2/c15-9-11(10-3-4-10)16-12(17)7-14(8-13(16)18)5-1-2-6-14/h10-11H,1-9,15H2. The van der Waals surface area contributed by atoms with Gasteiger partial charge in [0.25, 0.3) is 0 Å². The molecule has 18 heavy (non-hydrogen) atoms. The smallest absolute Gasteiger partial charge is 0.230 e. The lowest BCUT2D eigenvalue weighted by Gasteiger charge is -2.40. The molecule has 0 aromatic carbocycles. The first-order valence-corrected chi connectivity index (χ1v) is 7.20. The van der Waals surface area contributed by atoms with E-state index in [4.69, 9.17) is 5.73 Å². The van der Waals surface area contributed by atoms with Gasteiger partial charge in [0.2, 0.25) is 11.8 Å². The number of nitrogens with two attached hydrogens (primary N) is 1. The fraction of sp³-hybridized carbons (Fsp3) is 0.857. The van der Waals surface area contributed by atoms with Crippen LogP contribution < -0.4 is 5.73 Å². The number of carbonyl (C=O) groups is 2. The molecule has 2 amide bonds. The minimum atomic E-state index is -0.0243. The lowest BCUT2D eigenvalue weighted by atomic mass is 9.76. The highest BCUT2D eigenvalue weighted by atomic mass is 16.2. The van der Waals surface area contributed by atoms with E-state index in [0.717, 1.165) is 25.7 Å². The number of carbonyl (C=O) groups excluding carboxylic acids is 2. The topological polar surface area (TPSA) is 63.4 Å². The first-order valence-electron chi connectivity index (χ1n) is 7.20. The van der Waals surface area contributed by atoms with E-state index in [2.05, 4.69) is 0 Å². The Morgan fingerprint density at radius 2 is 1.72 bits per heavy atom. The van der Waals surface area contributed by atoms with Crippen LogP contribution in [0.15, 0.2) is 0 Å². The zero-order valence-corrected chi connectivity index (χ0v) is 10.9. The van der Waals surface area contributed by atoms with Gasteiger partial charge in [-0.25, -0.2) is 0 Å². The quantitative estimate of drug-likeness (QED) is 0.771. The third-order valence-electron chi connectivity index (χ3n) is 4.99. The maximum Gasteiger partial charge on any atom is 0.230 e. The van der Waals surface area contributed by atoms with Crippen molar-refractivity contribution in [2.45, 2.75) is 57.4 Å². The first kappa shape index (κ1) is 12.2. The van der Waals surface area contributed by atoms with E-state index in [-0.39, 0.29) is 23.3 Å². The number of rotatable bonds is 3. The molecule has 3 fully saturated rings. The van der Waals surface area contributed by atoms with Crippen LogP contribution in [-0.2, 0) is 9.59 Å². The summed E-state index contributed by atoms with van der Waals surface area (Å²) in [6, 6.07) is -0.0243. The fourth-order valence-corrected chi connectivity index (χ4v) is 3.85. The summed E-state index contributed by atoms with van der Waals surface area (Å²) in [6.07, 6.45) is 7.81. The van der Waals surface area contributed by atoms with Gasteiger partial charge in [-0.05, 0) is 37.0 Å². The maximum absolute atomic E-state index is 12.3. The van der Waals surface area contributed by atoms with Gasteiger partial charge >= 0.3 is 0 Å². The van der Waals surface area contributed by atoms with Crippen LogP contribution in [0.5, 0.6) is 0 Å². The molecule has 0 aromatic rings. The number of hydrogen-bond donors (Lipinski definition) is 1. The second-order valence-corrected chi connectivity index (χ2v) is 6.36. The number of nitrogens with zero attached hydrogens (tertiary/aromatic N) is 1. The van der Waals surface area contributed by atoms with Crippen LogP contribution in [-0.4, -0.2) is 29.3 Å². The summed E-state index contributed by atoms with van der Waals surface area (Å²) in [4.78, 5) is 26.2. The number of amides is 2. The molecule has 2 N–H and O–H groups in total. The Bertz CT molecular complexity index is 350. The van der Waals surface area contributed by atoms with Crippen molar-refractivity contribution in [1.29, 1.82) is 0 Å². The first-order chi connectivity index (χ1) is 8.65. The van der Waals surface area contributed by atoms with Crippen molar-refractivity contribution in [2.75, 3.05) is 6.54 Å². The Labute approximate surface area is 108 Å². The van der Waals surface area contributed by atoms with Crippen molar-refractivity contribution >= 4 is 11.8 Å².